The van der Waals surface area contributed by atoms with E-state index in [0.717, 1.165) is 6.07 Å². The van der Waals surface area contributed by atoms with Gasteiger partial charge in [-0.05, 0) is 37.8 Å². The van der Waals surface area contributed by atoms with E-state index in [4.69, 9.17) is 4.74 Å². The maximum Gasteiger partial charge on any atom is 0.342 e. The van der Waals surface area contributed by atoms with Crippen LogP contribution in [0.2, 0.25) is 0 Å². The van der Waals surface area contributed by atoms with Gasteiger partial charge >= 0.3 is 5.97 Å². The van der Waals surface area contributed by atoms with E-state index in [0.29, 0.717) is 12.8 Å². The summed E-state index contributed by atoms with van der Waals surface area (Å²) in [4.78, 5) is 24.2. The Hall–Kier alpha value is -2.38. The number of benzene rings is 1. The van der Waals surface area contributed by atoms with Crippen molar-refractivity contribution in [2.24, 2.45) is 0 Å². The van der Waals surface area contributed by atoms with Crippen molar-refractivity contribution < 1.29 is 34.8 Å². The molecule has 0 aliphatic carbocycles. The van der Waals surface area contributed by atoms with Gasteiger partial charge in [0.15, 0.2) is 5.78 Å². The Morgan fingerprint density at radius 3 is 2.60 bits per heavy atom. The summed E-state index contributed by atoms with van der Waals surface area (Å²) in [5, 5.41) is 39.4. The van der Waals surface area contributed by atoms with Crippen LogP contribution in [0.3, 0.4) is 0 Å². The molecule has 0 saturated carbocycles. The zero-order valence-corrected chi connectivity index (χ0v) is 13.9. The van der Waals surface area contributed by atoms with E-state index in [1.807, 2.05) is 0 Å². The summed E-state index contributed by atoms with van der Waals surface area (Å²) in [5.41, 5.74) is 0.115. The number of phenolic OH excluding ortho intramolecular Hbond substituents is 2. The average Bonchev–Trinajstić information content (AvgIpc) is 2.52. The van der Waals surface area contributed by atoms with Crippen LogP contribution < -0.4 is 0 Å². The van der Waals surface area contributed by atoms with Gasteiger partial charge in [0.05, 0.1) is 12.2 Å². The summed E-state index contributed by atoms with van der Waals surface area (Å²) in [6.45, 7) is 1.66. The molecule has 0 fully saturated rings. The molecule has 3 atom stereocenters. The lowest BCUT2D eigenvalue weighted by Crippen LogP contribution is -2.33. The van der Waals surface area contributed by atoms with Crippen LogP contribution in [-0.4, -0.2) is 50.5 Å². The number of rotatable bonds is 0. The summed E-state index contributed by atoms with van der Waals surface area (Å²) in [7, 11) is 0. The van der Waals surface area contributed by atoms with Gasteiger partial charge in [-0.2, -0.15) is 0 Å². The Labute approximate surface area is 145 Å². The van der Waals surface area contributed by atoms with Gasteiger partial charge in [-0.15, -0.1) is 0 Å². The molecule has 1 aliphatic heterocycles. The molecule has 2 rings (SSSR count). The first-order valence-electron chi connectivity index (χ1n) is 8.12. The molecule has 1 aromatic carbocycles. The molecule has 0 aromatic heterocycles. The molecular formula is C18H22O7. The number of hydrogen-bond acceptors (Lipinski definition) is 7. The van der Waals surface area contributed by atoms with Gasteiger partial charge in [0.25, 0.3) is 0 Å². The van der Waals surface area contributed by atoms with E-state index < -0.39 is 35.8 Å². The number of Topliss-reactive ketones (excluding diaryl/α,β-unsaturated/α-hetero) is 1. The number of aliphatic hydroxyl groups is 2. The summed E-state index contributed by atoms with van der Waals surface area (Å²) in [6.07, 6.45) is 0.413. The normalized spacial score (nSPS) is 27.1. The second-order valence-corrected chi connectivity index (χ2v) is 6.15. The zero-order valence-electron chi connectivity index (χ0n) is 13.9. The zero-order chi connectivity index (χ0) is 18.6. The van der Waals surface area contributed by atoms with E-state index in [1.54, 1.807) is 6.92 Å². The lowest BCUT2D eigenvalue weighted by molar-refractivity contribution is -0.132. The van der Waals surface area contributed by atoms with E-state index >= 15 is 0 Å². The molecule has 25 heavy (non-hydrogen) atoms. The van der Waals surface area contributed by atoms with Crippen LogP contribution in [0.1, 0.15) is 48.5 Å². The van der Waals surface area contributed by atoms with Crippen molar-refractivity contribution in [2.75, 3.05) is 0 Å². The van der Waals surface area contributed by atoms with Crippen LogP contribution in [0, 0.1) is 0 Å². The van der Waals surface area contributed by atoms with Crippen LogP contribution in [0.25, 0.3) is 6.08 Å². The Bertz CT molecular complexity index is 680. The number of phenols is 2. The maximum absolute atomic E-state index is 12.3. The molecule has 1 aliphatic rings. The van der Waals surface area contributed by atoms with Gasteiger partial charge in [-0.25, -0.2) is 4.79 Å². The molecule has 136 valence electrons. The first kappa shape index (κ1) is 19.0. The summed E-state index contributed by atoms with van der Waals surface area (Å²) in [6, 6.07) is 2.32. The second-order valence-electron chi connectivity index (χ2n) is 6.15. The molecule has 7 nitrogen and oxygen atoms in total. The summed E-state index contributed by atoms with van der Waals surface area (Å²) in [5.74, 6) is -1.86. The van der Waals surface area contributed by atoms with Crippen molar-refractivity contribution in [1.29, 1.82) is 0 Å². The molecule has 0 amide bonds. The highest BCUT2D eigenvalue weighted by Gasteiger charge is 2.25. The molecule has 0 saturated heterocycles. The number of hydrogen-bond donors (Lipinski definition) is 4. The third-order valence-corrected chi connectivity index (χ3v) is 4.05. The van der Waals surface area contributed by atoms with E-state index in [-0.39, 0.29) is 29.7 Å². The van der Waals surface area contributed by atoms with Crippen LogP contribution in [0.5, 0.6) is 11.5 Å². The van der Waals surface area contributed by atoms with Gasteiger partial charge in [-0.3, -0.25) is 4.79 Å². The average molecular weight is 350 g/mol. The van der Waals surface area contributed by atoms with Gasteiger partial charge in [-0.1, -0.05) is 12.2 Å². The van der Waals surface area contributed by atoms with Crippen molar-refractivity contribution in [3.05, 3.63) is 29.3 Å². The number of aliphatic hydroxyl groups excluding tert-OH is 2. The second kappa shape index (κ2) is 8.13. The first-order chi connectivity index (χ1) is 11.8. The number of carbonyl (C=O) groups is 2. The van der Waals surface area contributed by atoms with Crippen molar-refractivity contribution in [1.82, 2.24) is 0 Å². The predicted octanol–water partition coefficient (Wildman–Crippen LogP) is 1.52. The Morgan fingerprint density at radius 2 is 1.88 bits per heavy atom. The number of fused-ring (bicyclic) bond motifs is 1. The molecule has 0 unspecified atom stereocenters. The third-order valence-electron chi connectivity index (χ3n) is 4.05. The topological polar surface area (TPSA) is 124 Å². The lowest BCUT2D eigenvalue weighted by Gasteiger charge is -2.18. The molecule has 7 heteroatoms. The minimum absolute atomic E-state index is 0.0335. The highest BCUT2D eigenvalue weighted by molar-refractivity contribution is 5.97. The summed E-state index contributed by atoms with van der Waals surface area (Å²) < 4.78 is 5.29. The molecule has 4 N–H and O–H groups in total. The fraction of sp³-hybridized carbons (Fsp3) is 0.444. The van der Waals surface area contributed by atoms with Crippen molar-refractivity contribution in [3.63, 3.8) is 0 Å². The van der Waals surface area contributed by atoms with Crippen molar-refractivity contribution in [2.45, 2.75) is 50.9 Å². The Kier molecular flexibility index (Phi) is 6.17. The molecule has 0 radical (unpaired) electrons. The van der Waals surface area contributed by atoms with E-state index in [2.05, 4.69) is 0 Å². The Morgan fingerprint density at radius 1 is 1.16 bits per heavy atom. The molecule has 1 heterocycles. The number of ketones is 1. The number of esters is 1. The number of cyclic esters (lactones) is 1. The summed E-state index contributed by atoms with van der Waals surface area (Å²) >= 11 is 0. The minimum Gasteiger partial charge on any atom is -0.508 e. The minimum atomic E-state index is -1.48. The van der Waals surface area contributed by atoms with Crippen LogP contribution in [0.4, 0.5) is 0 Å². The largest absolute Gasteiger partial charge is 0.508 e. The fourth-order valence-electron chi connectivity index (χ4n) is 2.68. The molecule has 1 aromatic rings. The highest BCUT2D eigenvalue weighted by Crippen LogP contribution is 2.30. The third kappa shape index (κ3) is 4.80. The fourth-order valence-corrected chi connectivity index (χ4v) is 2.68. The van der Waals surface area contributed by atoms with Gasteiger partial charge in [0, 0.05) is 12.5 Å². The molecule has 0 spiro atoms. The Balaban J connectivity index is 2.39. The number of ether oxygens (including phenoxy) is 1. The first-order valence-corrected chi connectivity index (χ1v) is 8.12. The van der Waals surface area contributed by atoms with Crippen LogP contribution >= 0.6 is 0 Å². The van der Waals surface area contributed by atoms with Crippen molar-refractivity contribution >= 4 is 17.8 Å². The monoisotopic (exact) mass is 350 g/mol. The predicted molar refractivity (Wildman–Crippen MR) is 89.2 cm³/mol. The molecule has 0 bridgehead atoms. The van der Waals surface area contributed by atoms with Gasteiger partial charge in [0.1, 0.15) is 23.2 Å². The maximum atomic E-state index is 12.3. The quantitative estimate of drug-likeness (QED) is 0.523. The molecular weight excluding hydrogens is 328 g/mol. The van der Waals surface area contributed by atoms with E-state index in [9.17, 15) is 30.0 Å². The standard InChI is InChI=1S/C18H22O7/c1-10-4-2-6-13(20)17(23)14(21)7-3-5-11-8-12(19)9-15(22)16(11)18(24)25-10/h3,5,8-10,14,17,19,21-23H,2,4,6-7H2,1H3/b5-3+/t10-,14+,17+/m0/s1. The van der Waals surface area contributed by atoms with Gasteiger partial charge < -0.3 is 25.2 Å². The number of aromatic hydroxyl groups is 2. The number of carbonyl (C=O) groups excluding carboxylic acids is 2. The van der Waals surface area contributed by atoms with Gasteiger partial charge in [0.2, 0.25) is 0 Å². The van der Waals surface area contributed by atoms with E-state index in [1.165, 1.54) is 18.2 Å². The SMILES string of the molecule is C[C@H]1CCCC(=O)[C@@H](O)[C@H](O)C/C=C/c2cc(O)cc(O)c2C(=O)O1. The lowest BCUT2D eigenvalue weighted by atomic mass is 9.99. The van der Waals surface area contributed by atoms with Crippen LogP contribution in [0.15, 0.2) is 18.2 Å². The van der Waals surface area contributed by atoms with Crippen LogP contribution in [-0.2, 0) is 9.53 Å². The highest BCUT2D eigenvalue weighted by atomic mass is 16.5. The van der Waals surface area contributed by atoms with Crippen molar-refractivity contribution in [3.8, 4) is 11.5 Å². The smallest absolute Gasteiger partial charge is 0.342 e.